The summed E-state index contributed by atoms with van der Waals surface area (Å²) in [5.74, 6) is 1.61. The molecule has 4 aromatic carbocycles. The van der Waals surface area contributed by atoms with Crippen LogP contribution >= 0.6 is 0 Å². The molecule has 6 heteroatoms. The summed E-state index contributed by atoms with van der Waals surface area (Å²) in [4.78, 5) is 21.0. The van der Waals surface area contributed by atoms with E-state index >= 15 is 0 Å². The number of aliphatic imine (C=N–C) groups is 1. The lowest BCUT2D eigenvalue weighted by Gasteiger charge is -2.50. The van der Waals surface area contributed by atoms with Crippen molar-refractivity contribution in [1.29, 1.82) is 5.41 Å². The van der Waals surface area contributed by atoms with Gasteiger partial charge in [-0.25, -0.2) is 0 Å². The molecule has 3 aliphatic rings. The molecule has 0 atom stereocenters. The van der Waals surface area contributed by atoms with E-state index in [-0.39, 0.29) is 5.91 Å². The summed E-state index contributed by atoms with van der Waals surface area (Å²) in [5.41, 5.74) is 5.11. The number of amides is 1. The molecule has 0 fully saturated rings. The lowest BCUT2D eigenvalue weighted by Crippen LogP contribution is -2.80. The van der Waals surface area contributed by atoms with Crippen LogP contribution in [-0.4, -0.2) is 39.1 Å². The van der Waals surface area contributed by atoms with Crippen molar-refractivity contribution in [3.63, 3.8) is 0 Å². The van der Waals surface area contributed by atoms with Crippen LogP contribution in [0.1, 0.15) is 27.0 Å². The van der Waals surface area contributed by atoms with Gasteiger partial charge in [0.2, 0.25) is 17.6 Å². The van der Waals surface area contributed by atoms with Gasteiger partial charge in [-0.15, -0.1) is 10.9 Å². The number of amidine groups is 3. The summed E-state index contributed by atoms with van der Waals surface area (Å²) in [6, 6.07) is 35.7. The van der Waals surface area contributed by atoms with E-state index < -0.39 is 6.42 Å². The van der Waals surface area contributed by atoms with Crippen LogP contribution in [0.25, 0.3) is 0 Å². The molecule has 7 rings (SSSR count). The number of benzene rings is 4. The summed E-state index contributed by atoms with van der Waals surface area (Å²) >= 11 is 0. The highest BCUT2D eigenvalue weighted by Crippen LogP contribution is 2.35. The maximum atomic E-state index is 14.1. The highest BCUT2D eigenvalue weighted by atomic mass is 16.2. The summed E-state index contributed by atoms with van der Waals surface area (Å²) in [5, 5.41) is 9.30. The third-order valence-corrected chi connectivity index (χ3v) is 7.23. The number of hydrogen-bond donors (Lipinski definition) is 1. The van der Waals surface area contributed by atoms with E-state index in [1.807, 2.05) is 94.2 Å². The van der Waals surface area contributed by atoms with Crippen LogP contribution in [0.5, 0.6) is 0 Å². The van der Waals surface area contributed by atoms with Crippen LogP contribution in [0.2, 0.25) is 0 Å². The van der Waals surface area contributed by atoms with Gasteiger partial charge in [0.25, 0.3) is 0 Å². The molecule has 0 unspecified atom stereocenters. The van der Waals surface area contributed by atoms with Gasteiger partial charge in [0.1, 0.15) is 0 Å². The Balaban J connectivity index is 1.68. The molecule has 1 amide bonds. The lowest BCUT2D eigenvalue weighted by atomic mass is 9.34. The molecule has 160 valence electrons. The van der Waals surface area contributed by atoms with Gasteiger partial charge in [-0.3, -0.25) is 4.79 Å². The number of carbonyl (C=O) groups excluding carboxylic acids is 1. The van der Waals surface area contributed by atoms with Crippen molar-refractivity contribution in [3.05, 3.63) is 131 Å². The fraction of sp³-hybridized carbons (Fsp3) is 0. The number of nitrogens with zero attached hydrogens (tertiary/aromatic N) is 3. The molecular weight excluding hydrogens is 419 g/mol. The second-order valence-electron chi connectivity index (χ2n) is 8.84. The van der Waals surface area contributed by atoms with Crippen LogP contribution < -0.4 is 10.9 Å². The first-order valence-corrected chi connectivity index (χ1v) is 11.4. The molecule has 3 aliphatic heterocycles. The zero-order chi connectivity index (χ0) is 22.9. The molecule has 0 aliphatic carbocycles. The SMILES string of the molecule is N=C1c2ccccc2C2=[N+]1[B-](c1ccccc1)(c1ccccc1)N1C(=O)c3ccccc3C1=N2. The standard InChI is InChI=1S/C28H19BN4O/c30-25-21-15-7-8-16-22(21)26-31-27-23-17-9-10-18-24(23)28(34)33(27)29(32(25)26,19-11-3-1-4-12-19)20-13-5-2-6-14-20/h1-18,30H. The molecule has 34 heavy (non-hydrogen) atoms. The Morgan fingerprint density at radius 3 is 1.76 bits per heavy atom. The Morgan fingerprint density at radius 1 is 0.647 bits per heavy atom. The second-order valence-corrected chi connectivity index (χ2v) is 8.84. The molecule has 0 saturated carbocycles. The molecule has 5 nitrogen and oxygen atoms in total. The molecule has 0 aromatic heterocycles. The average Bonchev–Trinajstić information content (AvgIpc) is 3.36. The summed E-state index contributed by atoms with van der Waals surface area (Å²) in [6.45, 7) is 0. The predicted octanol–water partition coefficient (Wildman–Crippen LogP) is 2.96. The van der Waals surface area contributed by atoms with Crippen LogP contribution in [0, 0.1) is 5.41 Å². The molecule has 0 radical (unpaired) electrons. The van der Waals surface area contributed by atoms with E-state index in [4.69, 9.17) is 4.99 Å². The van der Waals surface area contributed by atoms with Crippen LogP contribution in [0.4, 0.5) is 0 Å². The van der Waals surface area contributed by atoms with E-state index in [9.17, 15) is 10.2 Å². The van der Waals surface area contributed by atoms with Crippen molar-refractivity contribution >= 4 is 40.8 Å². The quantitative estimate of drug-likeness (QED) is 0.481. The number of nitrogens with one attached hydrogen (secondary N) is 1. The zero-order valence-electron chi connectivity index (χ0n) is 18.2. The molecule has 3 heterocycles. The average molecular weight is 438 g/mol. The smallest absolute Gasteiger partial charge is 0.320 e. The van der Waals surface area contributed by atoms with Crippen molar-refractivity contribution in [2.75, 3.05) is 0 Å². The largest absolute Gasteiger partial charge is 0.412 e. The third-order valence-electron chi connectivity index (χ3n) is 7.23. The van der Waals surface area contributed by atoms with Crippen molar-refractivity contribution < 1.29 is 9.28 Å². The van der Waals surface area contributed by atoms with Gasteiger partial charge in [-0.1, -0.05) is 89.9 Å². The Labute approximate surface area is 196 Å². The Hall–Kier alpha value is -4.58. The Bertz CT molecular complexity index is 1550. The van der Waals surface area contributed by atoms with Gasteiger partial charge < -0.3 is 9.30 Å². The predicted molar refractivity (Wildman–Crippen MR) is 135 cm³/mol. The molecule has 1 N–H and O–H groups in total. The van der Waals surface area contributed by atoms with Crippen molar-refractivity contribution in [2.45, 2.75) is 0 Å². The highest BCUT2D eigenvalue weighted by Gasteiger charge is 2.57. The van der Waals surface area contributed by atoms with E-state index in [1.54, 1.807) is 0 Å². The van der Waals surface area contributed by atoms with Gasteiger partial charge in [-0.05, 0) is 24.3 Å². The maximum absolute atomic E-state index is 14.1. The molecule has 0 bridgehead atoms. The minimum atomic E-state index is -2.09. The Kier molecular flexibility index (Phi) is 3.74. The van der Waals surface area contributed by atoms with Crippen molar-refractivity contribution in [3.8, 4) is 0 Å². The fourth-order valence-electron chi connectivity index (χ4n) is 5.86. The molecule has 0 spiro atoms. The van der Waals surface area contributed by atoms with Gasteiger partial charge >= 0.3 is 6.42 Å². The maximum Gasteiger partial charge on any atom is 0.320 e. The summed E-state index contributed by atoms with van der Waals surface area (Å²) < 4.78 is 1.99. The minimum Gasteiger partial charge on any atom is -0.412 e. The van der Waals surface area contributed by atoms with Crippen LogP contribution in [0.3, 0.4) is 0 Å². The number of carbonyl (C=O) groups is 1. The summed E-state index contributed by atoms with van der Waals surface area (Å²) in [6.07, 6.45) is -2.09. The molecule has 4 aromatic rings. The number of rotatable bonds is 2. The first-order chi connectivity index (χ1) is 16.7. The number of fused-ring (bicyclic) bond motifs is 5. The monoisotopic (exact) mass is 438 g/mol. The highest BCUT2D eigenvalue weighted by molar-refractivity contribution is 6.99. The van der Waals surface area contributed by atoms with Gasteiger partial charge in [0.15, 0.2) is 5.84 Å². The zero-order valence-corrected chi connectivity index (χ0v) is 18.2. The topological polar surface area (TPSA) is 59.5 Å². The van der Waals surface area contributed by atoms with E-state index in [1.165, 1.54) is 0 Å². The number of hydrogen-bond acceptors (Lipinski definition) is 3. The van der Waals surface area contributed by atoms with Crippen molar-refractivity contribution in [1.82, 2.24) is 4.81 Å². The van der Waals surface area contributed by atoms with E-state index in [0.717, 1.165) is 27.6 Å². The molecule has 0 saturated heterocycles. The van der Waals surface area contributed by atoms with E-state index in [2.05, 4.69) is 24.3 Å². The van der Waals surface area contributed by atoms with Gasteiger partial charge in [-0.2, -0.15) is 5.41 Å². The van der Waals surface area contributed by atoms with E-state index in [0.29, 0.717) is 23.1 Å². The van der Waals surface area contributed by atoms with Crippen LogP contribution in [-0.2, 0) is 0 Å². The van der Waals surface area contributed by atoms with Gasteiger partial charge in [0, 0.05) is 11.1 Å². The first kappa shape index (κ1) is 18.9. The van der Waals surface area contributed by atoms with Gasteiger partial charge in [0.05, 0.1) is 11.1 Å². The van der Waals surface area contributed by atoms with Crippen molar-refractivity contribution in [2.24, 2.45) is 4.99 Å². The Morgan fingerprint density at radius 2 is 1.15 bits per heavy atom. The second kappa shape index (κ2) is 6.72. The fourth-order valence-corrected chi connectivity index (χ4v) is 5.86. The minimum absolute atomic E-state index is 0.0927. The third kappa shape index (κ3) is 2.19. The first-order valence-electron chi connectivity index (χ1n) is 11.4. The lowest BCUT2D eigenvalue weighted by molar-refractivity contribution is -0.261. The normalized spacial score (nSPS) is 17.2. The molecular formula is C28H19BN4O. The summed E-state index contributed by atoms with van der Waals surface area (Å²) in [7, 11) is 0. The van der Waals surface area contributed by atoms with Crippen LogP contribution in [0.15, 0.2) is 114 Å².